The molecule has 1 atom stereocenters. The summed E-state index contributed by atoms with van der Waals surface area (Å²) in [4.78, 5) is 25.3. The number of hydrogen-bond donors (Lipinski definition) is 1. The molecule has 0 radical (unpaired) electrons. The smallest absolute Gasteiger partial charge is 0.461 e. The summed E-state index contributed by atoms with van der Waals surface area (Å²) in [5.74, 6) is -6.31. The zero-order valence-corrected chi connectivity index (χ0v) is 22.7. The van der Waals surface area contributed by atoms with Gasteiger partial charge in [-0.1, -0.05) is 42.5 Å². The predicted molar refractivity (Wildman–Crippen MR) is 143 cm³/mol. The Morgan fingerprint density at radius 3 is 1.96 bits per heavy atom. The number of ether oxygens (including phenoxy) is 1. The highest BCUT2D eigenvalue weighted by atomic mass is 19.4. The molecule has 236 valence electrons. The number of carbonyl (C=O) groups is 2. The summed E-state index contributed by atoms with van der Waals surface area (Å²) < 4.78 is 127. The van der Waals surface area contributed by atoms with Crippen LogP contribution in [0.4, 0.5) is 39.5 Å². The van der Waals surface area contributed by atoms with E-state index < -0.39 is 70.8 Å². The Hall–Kier alpha value is -4.81. The number of hydrogen-bond acceptors (Lipinski definition) is 3. The quantitative estimate of drug-likeness (QED) is 0.132. The van der Waals surface area contributed by atoms with Crippen LogP contribution in [-0.2, 0) is 18.0 Å². The minimum atomic E-state index is -5.17. The number of benzene rings is 4. The van der Waals surface area contributed by atoms with E-state index in [0.29, 0.717) is 23.8 Å². The lowest BCUT2D eigenvalue weighted by atomic mass is 9.66. The molecule has 13 heteroatoms. The summed E-state index contributed by atoms with van der Waals surface area (Å²) in [6, 6.07) is 16.2. The molecular formula is C32H21F9O4. The van der Waals surface area contributed by atoms with Crippen LogP contribution in [-0.4, -0.2) is 29.4 Å². The molecule has 0 aromatic heterocycles. The molecule has 0 aliphatic heterocycles. The van der Waals surface area contributed by atoms with Crippen molar-refractivity contribution >= 4 is 11.8 Å². The van der Waals surface area contributed by atoms with E-state index in [1.54, 1.807) is 30.3 Å². The molecular weight excluding hydrogens is 619 g/mol. The van der Waals surface area contributed by atoms with Crippen LogP contribution in [0.1, 0.15) is 49.4 Å². The molecule has 4 aromatic rings. The number of Topliss-reactive ketones (excluding diaryl/α,β-unsaturated/α-hetero) is 1. The molecule has 4 rings (SSSR count). The Labute approximate surface area is 249 Å². The number of rotatable bonds is 11. The molecule has 0 heterocycles. The molecule has 1 N–H and O–H groups in total. The Balaban J connectivity index is 1.98. The number of carboxylic acids is 1. The fourth-order valence-corrected chi connectivity index (χ4v) is 4.91. The minimum Gasteiger partial charge on any atom is -0.478 e. The van der Waals surface area contributed by atoms with Crippen molar-refractivity contribution in [2.24, 2.45) is 0 Å². The standard InChI is InChI=1S/C32H21F9O4/c33-23-13-22(14-24(15-23)45-32(40,41)29(35)36)30(16-18-4-2-1-3-5-18,21-9-6-19(7-10-21)28(43)44)17-27(42)20-8-11-26(34)25(12-20)31(37,38)39/h1-15,29H,16-17H2,(H,43,44)/t30-/m1/s1. The number of carboxylic acid groups (broad SMARTS) is 1. The summed E-state index contributed by atoms with van der Waals surface area (Å²) in [5.41, 5.74) is -4.16. The number of aromatic carboxylic acids is 1. The second kappa shape index (κ2) is 12.7. The Kier molecular flexibility index (Phi) is 9.31. The Morgan fingerprint density at radius 2 is 1.38 bits per heavy atom. The van der Waals surface area contributed by atoms with Crippen molar-refractivity contribution in [3.05, 3.63) is 136 Å². The molecule has 0 amide bonds. The first-order valence-corrected chi connectivity index (χ1v) is 13.0. The van der Waals surface area contributed by atoms with Crippen molar-refractivity contribution in [3.8, 4) is 5.75 Å². The highest BCUT2D eigenvalue weighted by Crippen LogP contribution is 2.43. The first-order valence-electron chi connectivity index (χ1n) is 13.0. The maximum Gasteiger partial charge on any atom is 0.461 e. The van der Waals surface area contributed by atoms with Gasteiger partial charge in [-0.3, -0.25) is 4.79 Å². The molecule has 4 nitrogen and oxygen atoms in total. The van der Waals surface area contributed by atoms with E-state index in [4.69, 9.17) is 0 Å². The van der Waals surface area contributed by atoms with Gasteiger partial charge < -0.3 is 9.84 Å². The van der Waals surface area contributed by atoms with E-state index in [1.807, 2.05) is 0 Å². The Morgan fingerprint density at radius 1 is 0.756 bits per heavy atom. The van der Waals surface area contributed by atoms with Crippen LogP contribution >= 0.6 is 0 Å². The number of halogens is 9. The maximum atomic E-state index is 15.0. The van der Waals surface area contributed by atoms with Crippen molar-refractivity contribution < 1.29 is 58.9 Å². The summed E-state index contributed by atoms with van der Waals surface area (Å²) in [5, 5.41) is 9.39. The van der Waals surface area contributed by atoms with Crippen LogP contribution in [0.15, 0.2) is 91.0 Å². The average molecular weight is 640 g/mol. The number of ketones is 1. The summed E-state index contributed by atoms with van der Waals surface area (Å²) >= 11 is 0. The minimum absolute atomic E-state index is 0.0834. The van der Waals surface area contributed by atoms with Gasteiger partial charge in [0.05, 0.1) is 11.1 Å². The fourth-order valence-electron chi connectivity index (χ4n) is 4.91. The van der Waals surface area contributed by atoms with E-state index in [1.165, 1.54) is 12.1 Å². The van der Waals surface area contributed by atoms with Crippen LogP contribution in [0.2, 0.25) is 0 Å². The fraction of sp³-hybridized carbons (Fsp3) is 0.188. The zero-order chi connectivity index (χ0) is 33.2. The van der Waals surface area contributed by atoms with Gasteiger partial charge in [0.2, 0.25) is 0 Å². The van der Waals surface area contributed by atoms with Gasteiger partial charge in [0.15, 0.2) is 5.78 Å². The molecule has 0 aliphatic carbocycles. The van der Waals surface area contributed by atoms with E-state index in [0.717, 1.165) is 30.3 Å². The third-order valence-corrected chi connectivity index (χ3v) is 7.02. The average Bonchev–Trinajstić information content (AvgIpc) is 2.96. The SMILES string of the molecule is O=C(O)c1ccc([C@](CC(=O)c2ccc(F)c(C(F)(F)F)c2)(Cc2ccccc2)c2cc(F)cc(OC(F)(F)C(F)F)c2)cc1. The van der Waals surface area contributed by atoms with Crippen LogP contribution in [0.5, 0.6) is 5.75 Å². The number of alkyl halides is 7. The van der Waals surface area contributed by atoms with Gasteiger partial charge in [-0.2, -0.15) is 30.7 Å². The lowest BCUT2D eigenvalue weighted by Gasteiger charge is -2.36. The van der Waals surface area contributed by atoms with E-state index >= 15 is 4.39 Å². The van der Waals surface area contributed by atoms with Crippen LogP contribution in [0.3, 0.4) is 0 Å². The molecule has 45 heavy (non-hydrogen) atoms. The van der Waals surface area contributed by atoms with Gasteiger partial charge in [0, 0.05) is 23.5 Å². The molecule has 0 bridgehead atoms. The van der Waals surface area contributed by atoms with Crippen LogP contribution in [0.25, 0.3) is 0 Å². The Bertz CT molecular complexity index is 1690. The molecule has 0 saturated heterocycles. The highest BCUT2D eigenvalue weighted by molar-refractivity contribution is 5.97. The van der Waals surface area contributed by atoms with Gasteiger partial charge >= 0.3 is 24.7 Å². The second-order valence-electron chi connectivity index (χ2n) is 10.1. The molecule has 0 aliphatic rings. The van der Waals surface area contributed by atoms with Crippen molar-refractivity contribution in [1.29, 1.82) is 0 Å². The lowest BCUT2D eigenvalue weighted by Crippen LogP contribution is -2.35. The lowest BCUT2D eigenvalue weighted by molar-refractivity contribution is -0.253. The summed E-state index contributed by atoms with van der Waals surface area (Å²) in [6.07, 6.45) is -15.6. The van der Waals surface area contributed by atoms with Crippen molar-refractivity contribution in [2.45, 2.75) is 37.0 Å². The molecule has 0 saturated carbocycles. The van der Waals surface area contributed by atoms with Crippen molar-refractivity contribution in [2.75, 3.05) is 0 Å². The van der Waals surface area contributed by atoms with E-state index in [2.05, 4.69) is 4.74 Å². The van der Waals surface area contributed by atoms with Gasteiger partial charge in [-0.25, -0.2) is 13.6 Å². The third kappa shape index (κ3) is 7.47. The third-order valence-electron chi connectivity index (χ3n) is 7.02. The van der Waals surface area contributed by atoms with Crippen molar-refractivity contribution in [3.63, 3.8) is 0 Å². The monoisotopic (exact) mass is 640 g/mol. The van der Waals surface area contributed by atoms with Crippen molar-refractivity contribution in [1.82, 2.24) is 0 Å². The van der Waals surface area contributed by atoms with E-state index in [-0.39, 0.29) is 23.1 Å². The zero-order valence-electron chi connectivity index (χ0n) is 22.7. The maximum absolute atomic E-state index is 15.0. The van der Waals surface area contributed by atoms with E-state index in [9.17, 15) is 49.8 Å². The van der Waals surface area contributed by atoms with Gasteiger partial charge in [0.25, 0.3) is 0 Å². The highest BCUT2D eigenvalue weighted by Gasteiger charge is 2.45. The molecule has 0 unspecified atom stereocenters. The number of carbonyl (C=O) groups excluding carboxylic acids is 1. The van der Waals surface area contributed by atoms with Gasteiger partial charge in [-0.15, -0.1) is 0 Å². The summed E-state index contributed by atoms with van der Waals surface area (Å²) in [6.45, 7) is 0. The molecule has 4 aromatic carbocycles. The van der Waals surface area contributed by atoms with Crippen LogP contribution in [0, 0.1) is 11.6 Å². The van der Waals surface area contributed by atoms with Gasteiger partial charge in [-0.05, 0) is 65.6 Å². The molecule has 0 spiro atoms. The van der Waals surface area contributed by atoms with Crippen LogP contribution < -0.4 is 4.74 Å². The summed E-state index contributed by atoms with van der Waals surface area (Å²) in [7, 11) is 0. The topological polar surface area (TPSA) is 63.6 Å². The first kappa shape index (κ1) is 33.1. The predicted octanol–water partition coefficient (Wildman–Crippen LogP) is 8.72. The second-order valence-corrected chi connectivity index (χ2v) is 10.1. The normalized spacial score (nSPS) is 13.4. The largest absolute Gasteiger partial charge is 0.478 e. The van der Waals surface area contributed by atoms with Gasteiger partial charge in [0.1, 0.15) is 17.4 Å². The first-order chi connectivity index (χ1) is 21.0. The molecule has 0 fully saturated rings.